The van der Waals surface area contributed by atoms with Crippen molar-refractivity contribution in [2.45, 2.75) is 59.3 Å². The first-order valence-corrected chi connectivity index (χ1v) is 13.2. The number of hydrogen-bond acceptors (Lipinski definition) is 5. The van der Waals surface area contributed by atoms with E-state index in [2.05, 4.69) is 60.4 Å². The molecule has 2 heterocycles. The summed E-state index contributed by atoms with van der Waals surface area (Å²) in [6.45, 7) is 11.4. The standard InChI is InChI=1S/C30H32N2O3S/c1-18-10-12-21(13-11-18)25-24(26(28(33)34)35-30(3,4)5)19(2)16-23-27(25)36-29(31-23)32-15-14-20-8-6-7-9-22(20)17-32/h6-13,16,26H,14-15,17H2,1-5H3,(H,33,34)/t26-/m0/s1. The van der Waals surface area contributed by atoms with Crippen molar-refractivity contribution >= 4 is 32.7 Å². The molecule has 0 unspecified atom stereocenters. The fourth-order valence-corrected chi connectivity index (χ4v) is 6.08. The van der Waals surface area contributed by atoms with Crippen LogP contribution < -0.4 is 4.90 Å². The average molecular weight is 501 g/mol. The van der Waals surface area contributed by atoms with Gasteiger partial charge < -0.3 is 14.7 Å². The third kappa shape index (κ3) is 4.75. The van der Waals surface area contributed by atoms with Gasteiger partial charge in [-0.15, -0.1) is 0 Å². The van der Waals surface area contributed by atoms with Crippen molar-refractivity contribution < 1.29 is 14.6 Å². The van der Waals surface area contributed by atoms with Crippen molar-refractivity contribution in [1.29, 1.82) is 0 Å². The maximum atomic E-state index is 12.5. The number of ether oxygens (including phenoxy) is 1. The second kappa shape index (κ2) is 9.34. The normalized spacial score (nSPS) is 14.6. The Hall–Kier alpha value is -3.22. The highest BCUT2D eigenvalue weighted by atomic mass is 32.1. The Morgan fingerprint density at radius 2 is 1.78 bits per heavy atom. The zero-order chi connectivity index (χ0) is 25.6. The molecule has 0 amide bonds. The zero-order valence-corrected chi connectivity index (χ0v) is 22.3. The van der Waals surface area contributed by atoms with Crippen LogP contribution in [0.4, 0.5) is 5.13 Å². The molecule has 1 aromatic heterocycles. The maximum Gasteiger partial charge on any atom is 0.337 e. The number of anilines is 1. The fourth-order valence-electron chi connectivity index (χ4n) is 4.92. The molecule has 1 aliphatic heterocycles. The van der Waals surface area contributed by atoms with E-state index in [0.29, 0.717) is 5.56 Å². The van der Waals surface area contributed by atoms with E-state index >= 15 is 0 Å². The monoisotopic (exact) mass is 500 g/mol. The molecule has 186 valence electrons. The number of nitrogens with zero attached hydrogens (tertiary/aromatic N) is 2. The highest BCUT2D eigenvalue weighted by molar-refractivity contribution is 7.22. The summed E-state index contributed by atoms with van der Waals surface area (Å²) in [5.41, 5.74) is 7.63. The minimum Gasteiger partial charge on any atom is -0.479 e. The molecule has 1 N–H and O–H groups in total. The Kier molecular flexibility index (Phi) is 6.35. The molecule has 6 heteroatoms. The summed E-state index contributed by atoms with van der Waals surface area (Å²) in [4.78, 5) is 19.9. The zero-order valence-electron chi connectivity index (χ0n) is 21.5. The number of benzene rings is 3. The van der Waals surface area contributed by atoms with Gasteiger partial charge in [-0.05, 0) is 69.4 Å². The van der Waals surface area contributed by atoms with Gasteiger partial charge in [0.05, 0.1) is 15.8 Å². The summed E-state index contributed by atoms with van der Waals surface area (Å²) in [6.07, 6.45) is -0.0973. The quantitative estimate of drug-likeness (QED) is 0.317. The Morgan fingerprint density at radius 3 is 2.44 bits per heavy atom. The molecule has 0 fully saturated rings. The summed E-state index contributed by atoms with van der Waals surface area (Å²) in [5, 5.41) is 11.2. The predicted octanol–water partition coefficient (Wildman–Crippen LogP) is 7.08. The number of thiazole rings is 1. The summed E-state index contributed by atoms with van der Waals surface area (Å²) in [6, 6.07) is 18.9. The fraction of sp³-hybridized carbons (Fsp3) is 0.333. The lowest BCUT2D eigenvalue weighted by Gasteiger charge is -2.28. The molecule has 5 rings (SSSR count). The van der Waals surface area contributed by atoms with Gasteiger partial charge in [-0.2, -0.15) is 0 Å². The van der Waals surface area contributed by atoms with E-state index in [9.17, 15) is 9.90 Å². The number of fused-ring (bicyclic) bond motifs is 2. The molecule has 3 aromatic carbocycles. The largest absolute Gasteiger partial charge is 0.479 e. The number of carboxylic acids is 1. The number of carbonyl (C=O) groups is 1. The van der Waals surface area contributed by atoms with Crippen molar-refractivity contribution in [3.63, 3.8) is 0 Å². The van der Waals surface area contributed by atoms with Gasteiger partial charge in [0.1, 0.15) is 0 Å². The average Bonchev–Trinajstić information content (AvgIpc) is 3.25. The van der Waals surface area contributed by atoms with Gasteiger partial charge in [0, 0.05) is 24.2 Å². The molecule has 0 radical (unpaired) electrons. The molecular weight excluding hydrogens is 468 g/mol. The third-order valence-electron chi connectivity index (χ3n) is 6.62. The lowest BCUT2D eigenvalue weighted by Crippen LogP contribution is -2.30. The van der Waals surface area contributed by atoms with Crippen molar-refractivity contribution in [1.82, 2.24) is 4.98 Å². The molecule has 0 saturated carbocycles. The van der Waals surface area contributed by atoms with Gasteiger partial charge >= 0.3 is 5.97 Å². The summed E-state index contributed by atoms with van der Waals surface area (Å²) < 4.78 is 7.13. The molecule has 1 atom stereocenters. The van der Waals surface area contributed by atoms with E-state index in [-0.39, 0.29) is 0 Å². The smallest absolute Gasteiger partial charge is 0.337 e. The Bertz CT molecular complexity index is 1430. The minimum atomic E-state index is -1.09. The second-order valence-corrected chi connectivity index (χ2v) is 11.6. The van der Waals surface area contributed by atoms with Crippen LogP contribution in [0.5, 0.6) is 0 Å². The predicted molar refractivity (Wildman–Crippen MR) is 147 cm³/mol. The van der Waals surface area contributed by atoms with E-state index < -0.39 is 17.7 Å². The first-order valence-electron chi connectivity index (χ1n) is 12.3. The van der Waals surface area contributed by atoms with Gasteiger partial charge in [0.25, 0.3) is 0 Å². The van der Waals surface area contributed by atoms with Gasteiger partial charge in [0.2, 0.25) is 0 Å². The molecule has 0 aliphatic carbocycles. The molecule has 5 nitrogen and oxygen atoms in total. The number of rotatable bonds is 5. The Labute approximate surface area is 216 Å². The number of aryl methyl sites for hydroxylation is 2. The maximum absolute atomic E-state index is 12.5. The van der Waals surface area contributed by atoms with Crippen LogP contribution in [-0.2, 0) is 22.5 Å². The molecule has 1 aliphatic rings. The van der Waals surface area contributed by atoms with Crippen LogP contribution in [0.15, 0.2) is 54.6 Å². The molecule has 0 bridgehead atoms. The first-order chi connectivity index (χ1) is 17.1. The van der Waals surface area contributed by atoms with Crippen LogP contribution in [0, 0.1) is 13.8 Å². The van der Waals surface area contributed by atoms with Crippen LogP contribution in [0.25, 0.3) is 21.3 Å². The van der Waals surface area contributed by atoms with E-state index in [4.69, 9.17) is 9.72 Å². The highest BCUT2D eigenvalue weighted by Crippen LogP contribution is 2.44. The van der Waals surface area contributed by atoms with Crippen molar-refractivity contribution in [3.8, 4) is 11.1 Å². The Balaban J connectivity index is 1.69. The molecule has 0 saturated heterocycles. The second-order valence-electron chi connectivity index (χ2n) is 10.6. The van der Waals surface area contributed by atoms with E-state index in [1.807, 2.05) is 33.8 Å². The molecule has 0 spiro atoms. The lowest BCUT2D eigenvalue weighted by molar-refractivity contribution is -0.160. The molecule has 4 aromatic rings. The molecular formula is C30H32N2O3S. The van der Waals surface area contributed by atoms with Gasteiger partial charge in [0.15, 0.2) is 11.2 Å². The van der Waals surface area contributed by atoms with Crippen molar-refractivity contribution in [2.24, 2.45) is 0 Å². The first kappa shape index (κ1) is 24.5. The third-order valence-corrected chi connectivity index (χ3v) is 7.77. The summed E-state index contributed by atoms with van der Waals surface area (Å²) in [5.74, 6) is -0.988. The lowest BCUT2D eigenvalue weighted by atomic mass is 9.91. The minimum absolute atomic E-state index is 0.616. The van der Waals surface area contributed by atoms with Gasteiger partial charge in [-0.25, -0.2) is 9.78 Å². The van der Waals surface area contributed by atoms with Crippen molar-refractivity contribution in [2.75, 3.05) is 11.4 Å². The van der Waals surface area contributed by atoms with Crippen LogP contribution in [0.3, 0.4) is 0 Å². The van der Waals surface area contributed by atoms with E-state index in [1.165, 1.54) is 11.1 Å². The summed E-state index contributed by atoms with van der Waals surface area (Å²) in [7, 11) is 0. The van der Waals surface area contributed by atoms with Crippen LogP contribution in [0.2, 0.25) is 0 Å². The SMILES string of the molecule is Cc1ccc(-c2c([C@H](OC(C)(C)C)C(=O)O)c(C)cc3nc(N4CCc5ccccc5C4)sc23)cc1. The van der Waals surface area contributed by atoms with Crippen LogP contribution in [-0.4, -0.2) is 28.2 Å². The number of aromatic nitrogens is 1. The van der Waals surface area contributed by atoms with Gasteiger partial charge in [-0.1, -0.05) is 65.4 Å². The van der Waals surface area contributed by atoms with Crippen LogP contribution >= 0.6 is 11.3 Å². The van der Waals surface area contributed by atoms with E-state index in [1.54, 1.807) is 11.3 Å². The van der Waals surface area contributed by atoms with Crippen LogP contribution in [0.1, 0.15) is 54.7 Å². The van der Waals surface area contributed by atoms with E-state index in [0.717, 1.165) is 57.1 Å². The van der Waals surface area contributed by atoms with Gasteiger partial charge in [-0.3, -0.25) is 0 Å². The van der Waals surface area contributed by atoms with Crippen molar-refractivity contribution in [3.05, 3.63) is 82.4 Å². The molecule has 36 heavy (non-hydrogen) atoms. The highest BCUT2D eigenvalue weighted by Gasteiger charge is 2.32. The summed E-state index contributed by atoms with van der Waals surface area (Å²) >= 11 is 1.64. The topological polar surface area (TPSA) is 62.7 Å². The Morgan fingerprint density at radius 1 is 1.08 bits per heavy atom. The number of hydrogen-bond donors (Lipinski definition) is 1. The number of aliphatic carboxylic acids is 1. The number of carboxylic acid groups (broad SMARTS) is 1.